The first-order valence-electron chi connectivity index (χ1n) is 9.97. The third-order valence-electron chi connectivity index (χ3n) is 6.65. The molecule has 2 saturated heterocycles. The van der Waals surface area contributed by atoms with E-state index in [1.54, 1.807) is 4.90 Å². The summed E-state index contributed by atoms with van der Waals surface area (Å²) in [5, 5.41) is 9.15. The van der Waals surface area contributed by atoms with Gasteiger partial charge in [0.15, 0.2) is 0 Å². The predicted octanol–water partition coefficient (Wildman–Crippen LogP) is 2.97. The van der Waals surface area contributed by atoms with Gasteiger partial charge < -0.3 is 19.6 Å². The molecule has 2 aliphatic heterocycles. The van der Waals surface area contributed by atoms with Crippen molar-refractivity contribution in [2.75, 3.05) is 26.2 Å². The van der Waals surface area contributed by atoms with Crippen LogP contribution in [0.1, 0.15) is 37.7 Å². The van der Waals surface area contributed by atoms with Crippen LogP contribution in [-0.2, 0) is 16.1 Å². The van der Waals surface area contributed by atoms with E-state index in [4.69, 9.17) is 9.84 Å². The highest BCUT2D eigenvalue weighted by Crippen LogP contribution is 2.50. The van der Waals surface area contributed by atoms with Crippen LogP contribution in [0.15, 0.2) is 30.3 Å². The maximum absolute atomic E-state index is 12.3. The monoisotopic (exact) mass is 372 g/mol. The topological polar surface area (TPSA) is 70.1 Å². The van der Waals surface area contributed by atoms with Gasteiger partial charge in [0.2, 0.25) is 0 Å². The Morgan fingerprint density at radius 2 is 1.81 bits per heavy atom. The Morgan fingerprint density at radius 3 is 2.44 bits per heavy atom. The fourth-order valence-corrected chi connectivity index (χ4v) is 4.98. The molecule has 3 aliphatic rings. The number of rotatable bonds is 4. The fourth-order valence-electron chi connectivity index (χ4n) is 4.98. The molecule has 0 atom stereocenters. The van der Waals surface area contributed by atoms with Crippen LogP contribution in [0.4, 0.5) is 4.79 Å². The molecule has 27 heavy (non-hydrogen) atoms. The number of benzene rings is 1. The van der Waals surface area contributed by atoms with Crippen molar-refractivity contribution in [3.63, 3.8) is 0 Å². The molecule has 1 aromatic rings. The highest BCUT2D eigenvalue weighted by atomic mass is 16.5. The van der Waals surface area contributed by atoms with Gasteiger partial charge in [0.05, 0.1) is 5.92 Å². The van der Waals surface area contributed by atoms with Crippen LogP contribution in [-0.4, -0.2) is 59.2 Å². The number of esters is 1. The van der Waals surface area contributed by atoms with Crippen molar-refractivity contribution < 1.29 is 19.4 Å². The van der Waals surface area contributed by atoms with Crippen LogP contribution in [0.3, 0.4) is 0 Å². The molecule has 0 radical (unpaired) electrons. The molecule has 6 heteroatoms. The van der Waals surface area contributed by atoms with Gasteiger partial charge >= 0.3 is 12.1 Å². The Morgan fingerprint density at radius 1 is 1.11 bits per heavy atom. The number of carboxylic acid groups (broad SMARTS) is 1. The number of nitrogens with zero attached hydrogens (tertiary/aromatic N) is 2. The molecule has 0 unspecified atom stereocenters. The van der Waals surface area contributed by atoms with Crippen molar-refractivity contribution in [3.05, 3.63) is 35.9 Å². The number of likely N-dealkylation sites (tertiary alicyclic amines) is 2. The van der Waals surface area contributed by atoms with E-state index in [1.165, 1.54) is 0 Å². The molecule has 6 nitrogen and oxygen atoms in total. The Balaban J connectivity index is 1.19. The fraction of sp³-hybridized carbons (Fsp3) is 0.619. The largest absolute Gasteiger partial charge is 0.465 e. The van der Waals surface area contributed by atoms with Crippen LogP contribution in [0.25, 0.3) is 0 Å². The summed E-state index contributed by atoms with van der Waals surface area (Å²) in [5.74, 6) is -0.0653. The van der Waals surface area contributed by atoms with Crippen molar-refractivity contribution in [2.24, 2.45) is 11.3 Å². The Bertz CT molecular complexity index is 679. The lowest BCUT2D eigenvalue weighted by atomic mass is 9.64. The molecule has 1 spiro atoms. The summed E-state index contributed by atoms with van der Waals surface area (Å²) in [6, 6.07) is 10.4. The standard InChI is InChI=1S/C21H28N2O4/c24-19(27-14-16-4-2-1-3-5-16)17-6-9-22(10-7-17)18-12-21(13-18)8-11-23(15-21)20(25)26/h1-5,17-18H,6-15H2,(H,25,26)/t18-,21+. The summed E-state index contributed by atoms with van der Waals surface area (Å²) in [4.78, 5) is 27.5. The number of hydrogen-bond acceptors (Lipinski definition) is 4. The van der Waals surface area contributed by atoms with Gasteiger partial charge in [0, 0.05) is 19.1 Å². The van der Waals surface area contributed by atoms with Crippen molar-refractivity contribution in [1.82, 2.24) is 9.80 Å². The highest BCUT2D eigenvalue weighted by molar-refractivity contribution is 5.72. The van der Waals surface area contributed by atoms with Gasteiger partial charge in [-0.15, -0.1) is 0 Å². The molecule has 2 heterocycles. The molecular formula is C21H28N2O4. The summed E-state index contributed by atoms with van der Waals surface area (Å²) in [7, 11) is 0. The number of amides is 1. The van der Waals surface area contributed by atoms with Crippen LogP contribution in [0, 0.1) is 11.3 Å². The van der Waals surface area contributed by atoms with Gasteiger partial charge in [-0.25, -0.2) is 4.79 Å². The molecule has 0 bridgehead atoms. The average molecular weight is 372 g/mol. The number of ether oxygens (including phenoxy) is 1. The number of carbonyl (C=O) groups excluding carboxylic acids is 1. The third kappa shape index (κ3) is 3.95. The maximum Gasteiger partial charge on any atom is 0.407 e. The molecule has 3 fully saturated rings. The van der Waals surface area contributed by atoms with E-state index in [0.717, 1.165) is 50.8 Å². The molecule has 146 valence electrons. The van der Waals surface area contributed by atoms with Gasteiger partial charge in [-0.2, -0.15) is 0 Å². The molecule has 1 saturated carbocycles. The average Bonchev–Trinajstić information content (AvgIpc) is 3.12. The van der Waals surface area contributed by atoms with E-state index < -0.39 is 6.09 Å². The first kappa shape index (κ1) is 18.3. The van der Waals surface area contributed by atoms with E-state index >= 15 is 0 Å². The number of hydrogen-bond donors (Lipinski definition) is 1. The zero-order valence-corrected chi connectivity index (χ0v) is 15.7. The van der Waals surface area contributed by atoms with E-state index in [1.807, 2.05) is 30.3 Å². The van der Waals surface area contributed by atoms with Crippen LogP contribution in [0.5, 0.6) is 0 Å². The SMILES string of the molecule is O=C(OCc1ccccc1)C1CCN([C@H]2C[C@]3(CCN(C(=O)O)C3)C2)CC1. The summed E-state index contributed by atoms with van der Waals surface area (Å²) in [5.41, 5.74) is 1.24. The molecule has 4 rings (SSSR count). The van der Waals surface area contributed by atoms with Crippen molar-refractivity contribution >= 4 is 12.1 Å². The van der Waals surface area contributed by atoms with Crippen LogP contribution >= 0.6 is 0 Å². The Kier molecular flexibility index (Phi) is 5.08. The van der Waals surface area contributed by atoms with Gasteiger partial charge in [0.1, 0.15) is 6.61 Å². The maximum atomic E-state index is 12.3. The second-order valence-electron chi connectivity index (χ2n) is 8.42. The minimum atomic E-state index is -0.787. The molecule has 1 aliphatic carbocycles. The molecule has 1 N–H and O–H groups in total. The summed E-state index contributed by atoms with van der Waals surface area (Å²) < 4.78 is 5.50. The number of carbonyl (C=O) groups is 2. The number of piperidine rings is 1. The first-order valence-corrected chi connectivity index (χ1v) is 9.97. The van der Waals surface area contributed by atoms with E-state index in [0.29, 0.717) is 25.7 Å². The molecular weight excluding hydrogens is 344 g/mol. The van der Waals surface area contributed by atoms with Crippen LogP contribution < -0.4 is 0 Å². The normalized spacial score (nSPS) is 28.9. The Hall–Kier alpha value is -2.08. The van der Waals surface area contributed by atoms with Gasteiger partial charge in [-0.3, -0.25) is 4.79 Å². The highest BCUT2D eigenvalue weighted by Gasteiger charge is 2.51. The third-order valence-corrected chi connectivity index (χ3v) is 6.65. The molecule has 0 aromatic heterocycles. The Labute approximate surface area is 160 Å². The zero-order chi connectivity index (χ0) is 18.9. The van der Waals surface area contributed by atoms with E-state index in [9.17, 15) is 9.59 Å². The summed E-state index contributed by atoms with van der Waals surface area (Å²) in [6.07, 6.45) is 4.12. The predicted molar refractivity (Wildman–Crippen MR) is 100 cm³/mol. The first-order chi connectivity index (χ1) is 13.0. The van der Waals surface area contributed by atoms with Crippen molar-refractivity contribution in [2.45, 2.75) is 44.8 Å². The second kappa shape index (κ2) is 7.50. The van der Waals surface area contributed by atoms with Gasteiger partial charge in [-0.1, -0.05) is 30.3 Å². The van der Waals surface area contributed by atoms with Crippen molar-refractivity contribution in [1.29, 1.82) is 0 Å². The van der Waals surface area contributed by atoms with Crippen LogP contribution in [0.2, 0.25) is 0 Å². The van der Waals surface area contributed by atoms with E-state index in [2.05, 4.69) is 4.90 Å². The quantitative estimate of drug-likeness (QED) is 0.823. The zero-order valence-electron chi connectivity index (χ0n) is 15.7. The van der Waals surface area contributed by atoms with Crippen molar-refractivity contribution in [3.8, 4) is 0 Å². The minimum absolute atomic E-state index is 0.00739. The summed E-state index contributed by atoms with van der Waals surface area (Å²) >= 11 is 0. The summed E-state index contributed by atoms with van der Waals surface area (Å²) in [6.45, 7) is 3.60. The van der Waals surface area contributed by atoms with Gasteiger partial charge in [-0.05, 0) is 56.2 Å². The molecule has 1 aromatic carbocycles. The minimum Gasteiger partial charge on any atom is -0.465 e. The van der Waals surface area contributed by atoms with E-state index in [-0.39, 0.29) is 17.3 Å². The lowest BCUT2D eigenvalue weighted by Gasteiger charge is -2.51. The lowest BCUT2D eigenvalue weighted by molar-refractivity contribution is -0.152. The lowest BCUT2D eigenvalue weighted by Crippen LogP contribution is -2.54. The van der Waals surface area contributed by atoms with Gasteiger partial charge in [0.25, 0.3) is 0 Å². The molecule has 1 amide bonds. The smallest absolute Gasteiger partial charge is 0.407 e. The second-order valence-corrected chi connectivity index (χ2v) is 8.42.